The second-order valence-corrected chi connectivity index (χ2v) is 8.58. The molecule has 1 heterocycles. The molecule has 30 heavy (non-hydrogen) atoms. The lowest BCUT2D eigenvalue weighted by Gasteiger charge is -2.14. The third-order valence-corrected chi connectivity index (χ3v) is 5.44. The van der Waals surface area contributed by atoms with Crippen molar-refractivity contribution in [1.29, 1.82) is 0 Å². The molecule has 166 valence electrons. The number of hydrogen-bond acceptors (Lipinski definition) is 5. The van der Waals surface area contributed by atoms with Gasteiger partial charge in [0.05, 0.1) is 23.9 Å². The van der Waals surface area contributed by atoms with E-state index in [0.717, 1.165) is 55.2 Å². The van der Waals surface area contributed by atoms with Crippen molar-refractivity contribution in [2.24, 2.45) is 10.9 Å². The third-order valence-electron chi connectivity index (χ3n) is 4.52. The van der Waals surface area contributed by atoms with Gasteiger partial charge in [-0.25, -0.2) is 9.98 Å². The Kier molecular flexibility index (Phi) is 10.9. The van der Waals surface area contributed by atoms with Gasteiger partial charge in [-0.2, -0.15) is 0 Å². The molecule has 0 amide bonds. The molecule has 0 spiro atoms. The molecule has 0 saturated heterocycles. The van der Waals surface area contributed by atoms with E-state index in [2.05, 4.69) is 15.6 Å². The van der Waals surface area contributed by atoms with Crippen molar-refractivity contribution >= 4 is 47.0 Å². The summed E-state index contributed by atoms with van der Waals surface area (Å²) in [5.74, 6) is 2.44. The molecule has 3 rings (SSSR count). The molecule has 6 nitrogen and oxygen atoms in total. The molecule has 0 bridgehead atoms. The van der Waals surface area contributed by atoms with Crippen LogP contribution in [0.2, 0.25) is 0 Å². The average Bonchev–Trinajstić information content (AvgIpc) is 3.43. The van der Waals surface area contributed by atoms with Crippen molar-refractivity contribution in [2.45, 2.75) is 52.7 Å². The smallest absolute Gasteiger partial charge is 0.196 e. The zero-order valence-corrected chi connectivity index (χ0v) is 21.2. The van der Waals surface area contributed by atoms with E-state index in [0.29, 0.717) is 6.54 Å². The molecule has 0 atom stereocenters. The molecule has 1 saturated carbocycles. The van der Waals surface area contributed by atoms with Crippen molar-refractivity contribution in [2.75, 3.05) is 25.1 Å². The predicted molar refractivity (Wildman–Crippen MR) is 135 cm³/mol. The quantitative estimate of drug-likeness (QED) is 0.176. The Morgan fingerprint density at radius 1 is 1.27 bits per heavy atom. The summed E-state index contributed by atoms with van der Waals surface area (Å²) in [6, 6.07) is 7.95. The summed E-state index contributed by atoms with van der Waals surface area (Å²) in [4.78, 5) is 10.2. The number of aromatic nitrogens is 1. The van der Waals surface area contributed by atoms with E-state index in [9.17, 15) is 0 Å². The Balaban J connectivity index is 0.00000320. The number of aryl methyl sites for hydroxylation is 1. The van der Waals surface area contributed by atoms with Gasteiger partial charge in [-0.3, -0.25) is 0 Å². The molecule has 1 fully saturated rings. The zero-order chi connectivity index (χ0) is 20.5. The molecule has 2 aromatic rings. The monoisotopic (exact) mass is 544 g/mol. The van der Waals surface area contributed by atoms with Crippen LogP contribution < -0.4 is 15.4 Å². The summed E-state index contributed by atoms with van der Waals surface area (Å²) in [7, 11) is 0. The van der Waals surface area contributed by atoms with Crippen LogP contribution in [0.4, 0.5) is 5.69 Å². The highest BCUT2D eigenvalue weighted by molar-refractivity contribution is 14.0. The third kappa shape index (κ3) is 9.18. The minimum absolute atomic E-state index is 0. The molecule has 2 N–H and O–H groups in total. The second kappa shape index (κ2) is 13.1. The number of benzene rings is 1. The Morgan fingerprint density at radius 3 is 2.67 bits per heavy atom. The Morgan fingerprint density at radius 2 is 2.03 bits per heavy atom. The van der Waals surface area contributed by atoms with Crippen LogP contribution in [0.1, 0.15) is 43.7 Å². The van der Waals surface area contributed by atoms with Gasteiger partial charge < -0.3 is 20.1 Å². The van der Waals surface area contributed by atoms with Crippen LogP contribution >= 0.6 is 35.3 Å². The molecule has 1 aliphatic carbocycles. The fourth-order valence-corrected chi connectivity index (χ4v) is 3.41. The van der Waals surface area contributed by atoms with Gasteiger partial charge in [0.1, 0.15) is 5.75 Å². The maximum Gasteiger partial charge on any atom is 0.196 e. The normalized spacial score (nSPS) is 13.8. The van der Waals surface area contributed by atoms with Crippen molar-refractivity contribution in [3.63, 3.8) is 0 Å². The van der Waals surface area contributed by atoms with Gasteiger partial charge in [-0.15, -0.1) is 35.3 Å². The topological polar surface area (TPSA) is 67.8 Å². The summed E-state index contributed by atoms with van der Waals surface area (Å²) in [6.45, 7) is 9.19. The highest BCUT2D eigenvalue weighted by Gasteiger charge is 2.20. The second-order valence-electron chi connectivity index (χ2n) is 7.64. The fourth-order valence-electron chi connectivity index (χ4n) is 2.71. The van der Waals surface area contributed by atoms with Gasteiger partial charge in [0.25, 0.3) is 0 Å². The summed E-state index contributed by atoms with van der Waals surface area (Å²) in [5, 5.41) is 6.80. The number of halogens is 1. The first-order valence-corrected chi connectivity index (χ1v) is 11.3. The summed E-state index contributed by atoms with van der Waals surface area (Å²) in [5.41, 5.74) is 3.88. The highest BCUT2D eigenvalue weighted by Crippen LogP contribution is 2.28. The Labute approximate surface area is 200 Å². The van der Waals surface area contributed by atoms with E-state index >= 15 is 0 Å². The standard InChI is InChI=1S/C22H32N4O2S.HI/c1-16(2)28-20-9-7-19(8-10-20)26-22(24-13-21-17(3)25-15-29-21)23-11-4-12-27-14-18-5-6-18;/h7-10,15-16,18H,4-6,11-14H2,1-3H3,(H2,23,24,26);1H. The van der Waals surface area contributed by atoms with Gasteiger partial charge in [0.15, 0.2) is 5.96 Å². The number of thiazole rings is 1. The first-order chi connectivity index (χ1) is 14.1. The number of nitrogens with one attached hydrogen (secondary N) is 2. The van der Waals surface area contributed by atoms with Gasteiger partial charge in [0.2, 0.25) is 0 Å². The highest BCUT2D eigenvalue weighted by atomic mass is 127. The van der Waals surface area contributed by atoms with Crippen LogP contribution in [0.25, 0.3) is 0 Å². The average molecular weight is 545 g/mol. The lowest BCUT2D eigenvalue weighted by molar-refractivity contribution is 0.123. The van der Waals surface area contributed by atoms with Crippen LogP contribution in [0.3, 0.4) is 0 Å². The van der Waals surface area contributed by atoms with E-state index in [-0.39, 0.29) is 30.1 Å². The Hall–Kier alpha value is -1.39. The van der Waals surface area contributed by atoms with Crippen LogP contribution in [0, 0.1) is 12.8 Å². The number of hydrogen-bond donors (Lipinski definition) is 2. The summed E-state index contributed by atoms with van der Waals surface area (Å²) < 4.78 is 11.4. The van der Waals surface area contributed by atoms with Crippen LogP contribution in [-0.4, -0.2) is 36.8 Å². The number of nitrogens with zero attached hydrogens (tertiary/aromatic N) is 2. The predicted octanol–water partition coefficient (Wildman–Crippen LogP) is 5.23. The lowest BCUT2D eigenvalue weighted by atomic mass is 10.3. The van der Waals surface area contributed by atoms with Gasteiger partial charge in [0, 0.05) is 30.3 Å². The molecule has 8 heteroatoms. The molecule has 1 aliphatic rings. The van der Waals surface area contributed by atoms with Gasteiger partial charge in [-0.05, 0) is 70.2 Å². The van der Waals surface area contributed by atoms with Crippen LogP contribution in [0.5, 0.6) is 5.75 Å². The number of rotatable bonds is 11. The van der Waals surface area contributed by atoms with Crippen molar-refractivity contribution in [3.05, 3.63) is 40.3 Å². The summed E-state index contributed by atoms with van der Waals surface area (Å²) in [6.07, 6.45) is 3.78. The van der Waals surface area contributed by atoms with Crippen molar-refractivity contribution in [1.82, 2.24) is 10.3 Å². The van der Waals surface area contributed by atoms with E-state index in [4.69, 9.17) is 14.5 Å². The van der Waals surface area contributed by atoms with E-state index in [1.54, 1.807) is 11.3 Å². The fraction of sp³-hybridized carbons (Fsp3) is 0.545. The number of anilines is 1. The minimum Gasteiger partial charge on any atom is -0.491 e. The SMILES string of the molecule is Cc1ncsc1CN=C(NCCCOCC1CC1)Nc1ccc(OC(C)C)cc1.I. The van der Waals surface area contributed by atoms with Crippen LogP contribution in [0.15, 0.2) is 34.8 Å². The first-order valence-electron chi connectivity index (χ1n) is 10.4. The maximum absolute atomic E-state index is 5.72. The molecule has 0 aliphatic heterocycles. The zero-order valence-electron chi connectivity index (χ0n) is 18.0. The number of guanidine groups is 1. The molecule has 0 radical (unpaired) electrons. The van der Waals surface area contributed by atoms with E-state index in [1.165, 1.54) is 17.7 Å². The molecule has 1 aromatic carbocycles. The molecule has 1 aromatic heterocycles. The molecular weight excluding hydrogens is 511 g/mol. The number of aliphatic imine (C=N–C) groups is 1. The maximum atomic E-state index is 5.72. The van der Waals surface area contributed by atoms with E-state index in [1.807, 2.05) is 50.5 Å². The Bertz CT molecular complexity index is 776. The molecular formula is C22H33IN4O2S. The minimum atomic E-state index is 0. The van der Waals surface area contributed by atoms with E-state index < -0.39 is 0 Å². The molecule has 0 unspecified atom stereocenters. The van der Waals surface area contributed by atoms with Gasteiger partial charge >= 0.3 is 0 Å². The van der Waals surface area contributed by atoms with Crippen molar-refractivity contribution in [3.8, 4) is 5.75 Å². The van der Waals surface area contributed by atoms with Crippen molar-refractivity contribution < 1.29 is 9.47 Å². The lowest BCUT2D eigenvalue weighted by Crippen LogP contribution is -2.32. The van der Waals surface area contributed by atoms with Crippen LogP contribution in [-0.2, 0) is 11.3 Å². The summed E-state index contributed by atoms with van der Waals surface area (Å²) >= 11 is 1.64. The first kappa shape index (κ1) is 24.9. The number of ether oxygens (including phenoxy) is 2. The largest absolute Gasteiger partial charge is 0.491 e. The van der Waals surface area contributed by atoms with Gasteiger partial charge in [-0.1, -0.05) is 0 Å².